The van der Waals surface area contributed by atoms with E-state index < -0.39 is 24.0 Å². The zero-order chi connectivity index (χ0) is 12.6. The molecule has 0 aromatic rings. The van der Waals surface area contributed by atoms with Gasteiger partial charge in [-0.15, -0.1) is 0 Å². The van der Waals surface area contributed by atoms with Crippen molar-refractivity contribution in [2.45, 2.75) is 50.6 Å². The fourth-order valence-corrected chi connectivity index (χ4v) is 1.33. The predicted molar refractivity (Wildman–Crippen MR) is 58.9 cm³/mol. The smallest absolute Gasteiger partial charge is 0.320 e. The lowest BCUT2D eigenvalue weighted by Crippen LogP contribution is -2.30. The van der Waals surface area contributed by atoms with Crippen LogP contribution >= 0.6 is 0 Å². The second kappa shape index (κ2) is 8.06. The quantitative estimate of drug-likeness (QED) is 0.419. The number of hydrogen-bond acceptors (Lipinski definition) is 4. The lowest BCUT2D eigenvalue weighted by Gasteiger charge is -2.07. The van der Waals surface area contributed by atoms with Crippen molar-refractivity contribution in [1.82, 2.24) is 0 Å². The van der Waals surface area contributed by atoms with E-state index in [4.69, 9.17) is 21.7 Å². The maximum absolute atomic E-state index is 10.4. The van der Waals surface area contributed by atoms with Crippen LogP contribution < -0.4 is 11.5 Å². The molecule has 0 aliphatic carbocycles. The van der Waals surface area contributed by atoms with Gasteiger partial charge in [-0.3, -0.25) is 9.59 Å². The molecule has 0 saturated heterocycles. The molecule has 0 rings (SSSR count). The SMILES string of the molecule is NC(CCCCCCC(N)C(=O)O)C(=O)O. The van der Waals surface area contributed by atoms with Crippen molar-refractivity contribution in [3.63, 3.8) is 0 Å². The van der Waals surface area contributed by atoms with Crippen molar-refractivity contribution in [1.29, 1.82) is 0 Å². The van der Waals surface area contributed by atoms with E-state index in [0.717, 1.165) is 25.7 Å². The molecule has 0 aliphatic heterocycles. The Morgan fingerprint density at radius 1 is 0.812 bits per heavy atom. The van der Waals surface area contributed by atoms with Crippen LogP contribution in [0, 0.1) is 0 Å². The lowest BCUT2D eigenvalue weighted by atomic mass is 10.0. The van der Waals surface area contributed by atoms with Crippen molar-refractivity contribution < 1.29 is 19.8 Å². The van der Waals surface area contributed by atoms with Gasteiger partial charge in [-0.25, -0.2) is 0 Å². The van der Waals surface area contributed by atoms with E-state index in [1.807, 2.05) is 0 Å². The van der Waals surface area contributed by atoms with Gasteiger partial charge in [0.2, 0.25) is 0 Å². The first kappa shape index (κ1) is 14.9. The van der Waals surface area contributed by atoms with E-state index in [-0.39, 0.29) is 0 Å². The largest absolute Gasteiger partial charge is 0.480 e. The molecule has 0 aromatic carbocycles. The number of unbranched alkanes of at least 4 members (excludes halogenated alkanes) is 3. The van der Waals surface area contributed by atoms with Crippen LogP contribution in [0.25, 0.3) is 0 Å². The molecule has 0 radical (unpaired) electrons. The Morgan fingerprint density at radius 2 is 1.12 bits per heavy atom. The van der Waals surface area contributed by atoms with Crippen LogP contribution in [0.15, 0.2) is 0 Å². The molecule has 0 bridgehead atoms. The minimum absolute atomic E-state index is 0.459. The second-order valence-electron chi connectivity index (χ2n) is 3.88. The van der Waals surface area contributed by atoms with Gasteiger partial charge in [-0.1, -0.05) is 25.7 Å². The summed E-state index contributed by atoms with van der Waals surface area (Å²) in [7, 11) is 0. The molecule has 0 amide bonds. The third-order valence-corrected chi connectivity index (χ3v) is 2.41. The van der Waals surface area contributed by atoms with E-state index in [1.54, 1.807) is 0 Å². The van der Waals surface area contributed by atoms with Crippen molar-refractivity contribution in [2.24, 2.45) is 11.5 Å². The van der Waals surface area contributed by atoms with Crippen LogP contribution in [0.1, 0.15) is 38.5 Å². The van der Waals surface area contributed by atoms with Gasteiger partial charge in [0.05, 0.1) is 0 Å². The molecule has 0 aliphatic rings. The van der Waals surface area contributed by atoms with Crippen LogP contribution in [-0.2, 0) is 9.59 Å². The summed E-state index contributed by atoms with van der Waals surface area (Å²) >= 11 is 0. The van der Waals surface area contributed by atoms with Gasteiger partial charge < -0.3 is 21.7 Å². The molecule has 0 fully saturated rings. The highest BCUT2D eigenvalue weighted by Crippen LogP contribution is 2.08. The van der Waals surface area contributed by atoms with Gasteiger partial charge in [0, 0.05) is 0 Å². The van der Waals surface area contributed by atoms with Gasteiger partial charge in [-0.05, 0) is 12.8 Å². The molecular weight excluding hydrogens is 212 g/mol. The Kier molecular flexibility index (Phi) is 7.49. The summed E-state index contributed by atoms with van der Waals surface area (Å²) in [5.41, 5.74) is 10.6. The maximum atomic E-state index is 10.4. The number of carbonyl (C=O) groups is 2. The predicted octanol–water partition coefficient (Wildman–Crippen LogP) is 0.151. The molecule has 0 saturated carbocycles. The summed E-state index contributed by atoms with van der Waals surface area (Å²) in [5, 5.41) is 17.0. The fourth-order valence-electron chi connectivity index (χ4n) is 1.33. The Bertz CT molecular complexity index is 209. The van der Waals surface area contributed by atoms with Crippen LogP contribution in [0.4, 0.5) is 0 Å². The summed E-state index contributed by atoms with van der Waals surface area (Å²) < 4.78 is 0. The van der Waals surface area contributed by atoms with Crippen LogP contribution in [0.5, 0.6) is 0 Å². The first-order chi connectivity index (χ1) is 7.45. The minimum Gasteiger partial charge on any atom is -0.480 e. The van der Waals surface area contributed by atoms with E-state index >= 15 is 0 Å². The fraction of sp³-hybridized carbons (Fsp3) is 0.800. The number of carboxylic acids is 2. The van der Waals surface area contributed by atoms with Gasteiger partial charge >= 0.3 is 11.9 Å². The topological polar surface area (TPSA) is 127 Å². The van der Waals surface area contributed by atoms with Crippen molar-refractivity contribution in [2.75, 3.05) is 0 Å². The molecule has 94 valence electrons. The number of nitrogens with two attached hydrogens (primary N) is 2. The van der Waals surface area contributed by atoms with Gasteiger partial charge in [0.1, 0.15) is 12.1 Å². The van der Waals surface area contributed by atoms with E-state index in [2.05, 4.69) is 0 Å². The third kappa shape index (κ3) is 7.19. The van der Waals surface area contributed by atoms with Crippen molar-refractivity contribution in [3.8, 4) is 0 Å². The highest BCUT2D eigenvalue weighted by Gasteiger charge is 2.11. The number of carboxylic acid groups (broad SMARTS) is 2. The number of aliphatic carboxylic acids is 2. The molecule has 0 aromatic heterocycles. The van der Waals surface area contributed by atoms with E-state index in [1.165, 1.54) is 0 Å². The number of hydrogen-bond donors (Lipinski definition) is 4. The first-order valence-corrected chi connectivity index (χ1v) is 5.42. The minimum atomic E-state index is -0.979. The Balaban J connectivity index is 3.34. The van der Waals surface area contributed by atoms with Gasteiger partial charge in [0.15, 0.2) is 0 Å². The number of rotatable bonds is 9. The molecule has 6 N–H and O–H groups in total. The zero-order valence-electron chi connectivity index (χ0n) is 9.26. The lowest BCUT2D eigenvalue weighted by molar-refractivity contribution is -0.139. The average molecular weight is 232 g/mol. The highest BCUT2D eigenvalue weighted by molar-refractivity contribution is 5.73. The summed E-state index contributed by atoms with van der Waals surface area (Å²) in [6.45, 7) is 0. The molecule has 0 spiro atoms. The Labute approximate surface area is 94.6 Å². The maximum Gasteiger partial charge on any atom is 0.320 e. The molecule has 2 atom stereocenters. The van der Waals surface area contributed by atoms with Crippen LogP contribution in [-0.4, -0.2) is 34.2 Å². The highest BCUT2D eigenvalue weighted by atomic mass is 16.4. The Morgan fingerprint density at radius 3 is 1.38 bits per heavy atom. The van der Waals surface area contributed by atoms with Crippen LogP contribution in [0.2, 0.25) is 0 Å². The molecule has 16 heavy (non-hydrogen) atoms. The van der Waals surface area contributed by atoms with Crippen LogP contribution in [0.3, 0.4) is 0 Å². The normalized spacial score (nSPS) is 14.4. The summed E-state index contributed by atoms with van der Waals surface area (Å²) in [6, 6.07) is -1.58. The van der Waals surface area contributed by atoms with E-state index in [0.29, 0.717) is 12.8 Å². The monoisotopic (exact) mass is 232 g/mol. The van der Waals surface area contributed by atoms with Gasteiger partial charge in [-0.2, -0.15) is 0 Å². The Hall–Kier alpha value is -1.14. The van der Waals surface area contributed by atoms with Crippen molar-refractivity contribution >= 4 is 11.9 Å². The molecular formula is C10H20N2O4. The second-order valence-corrected chi connectivity index (χ2v) is 3.88. The summed E-state index contributed by atoms with van der Waals surface area (Å²) in [4.78, 5) is 20.8. The van der Waals surface area contributed by atoms with E-state index in [9.17, 15) is 9.59 Å². The molecule has 0 heterocycles. The molecule has 6 heteroatoms. The summed E-state index contributed by atoms with van der Waals surface area (Å²) in [5.74, 6) is -1.96. The first-order valence-electron chi connectivity index (χ1n) is 5.42. The molecule has 2 unspecified atom stereocenters. The van der Waals surface area contributed by atoms with Crippen molar-refractivity contribution in [3.05, 3.63) is 0 Å². The standard InChI is InChI=1S/C10H20N2O4/c11-7(9(13)14)5-3-1-2-4-6-8(12)10(15)16/h7-8H,1-6,11-12H2,(H,13,14)(H,15,16). The zero-order valence-corrected chi connectivity index (χ0v) is 9.26. The third-order valence-electron chi connectivity index (χ3n) is 2.41. The molecule has 6 nitrogen and oxygen atoms in total. The van der Waals surface area contributed by atoms with Gasteiger partial charge in [0.25, 0.3) is 0 Å². The summed E-state index contributed by atoms with van der Waals surface area (Å²) in [6.07, 6.45) is 4.12. The average Bonchev–Trinajstić information content (AvgIpc) is 2.21.